The predicted octanol–water partition coefficient (Wildman–Crippen LogP) is 0.778. The summed E-state index contributed by atoms with van der Waals surface area (Å²) in [5.74, 6) is -0.105. The lowest BCUT2D eigenvalue weighted by atomic mass is 10.4. The molecule has 0 aliphatic heterocycles. The third-order valence-electron chi connectivity index (χ3n) is 1.55. The van der Waals surface area contributed by atoms with Crippen molar-refractivity contribution >= 4 is 22.4 Å². The molecule has 0 aliphatic rings. The summed E-state index contributed by atoms with van der Waals surface area (Å²) >= 11 is 1.42. The van der Waals surface area contributed by atoms with Crippen LogP contribution in [0.5, 0.6) is 0 Å². The lowest BCUT2D eigenvalue weighted by Gasteiger charge is -1.96. The zero-order valence-corrected chi connectivity index (χ0v) is 8.93. The quantitative estimate of drug-likeness (QED) is 0.759. The maximum Gasteiger partial charge on any atom is 0.227 e. The number of carbonyl (C=O) groups is 1. The topological polar surface area (TPSA) is 80.9 Å². The van der Waals surface area contributed by atoms with Crippen molar-refractivity contribution in [3.05, 3.63) is 5.01 Å². The van der Waals surface area contributed by atoms with Gasteiger partial charge in [0.25, 0.3) is 0 Å². The van der Waals surface area contributed by atoms with Crippen molar-refractivity contribution in [2.24, 2.45) is 5.73 Å². The summed E-state index contributed by atoms with van der Waals surface area (Å²) in [7, 11) is 0. The number of aromatic nitrogens is 2. The summed E-state index contributed by atoms with van der Waals surface area (Å²) < 4.78 is 0. The highest BCUT2D eigenvalue weighted by atomic mass is 32.1. The normalized spacial score (nSPS) is 10.1. The monoisotopic (exact) mass is 214 g/mol. The number of carbonyl (C=O) groups excluding carboxylic acids is 1. The molecule has 1 rings (SSSR count). The van der Waals surface area contributed by atoms with Gasteiger partial charge in [0.05, 0.1) is 0 Å². The van der Waals surface area contributed by atoms with E-state index in [4.69, 9.17) is 5.73 Å². The number of nitrogens with zero attached hydrogens (tertiary/aromatic N) is 2. The van der Waals surface area contributed by atoms with E-state index in [9.17, 15) is 4.79 Å². The van der Waals surface area contributed by atoms with Crippen molar-refractivity contribution in [2.75, 3.05) is 11.9 Å². The fourth-order valence-corrected chi connectivity index (χ4v) is 1.79. The highest BCUT2D eigenvalue weighted by Gasteiger charge is 2.06. The molecule has 0 atom stereocenters. The number of aryl methyl sites for hydroxylation is 1. The Kier molecular flexibility index (Phi) is 4.48. The second-order valence-electron chi connectivity index (χ2n) is 2.84. The van der Waals surface area contributed by atoms with Crippen molar-refractivity contribution in [1.29, 1.82) is 0 Å². The Morgan fingerprint density at radius 1 is 1.57 bits per heavy atom. The van der Waals surface area contributed by atoms with Gasteiger partial charge in [-0.3, -0.25) is 4.79 Å². The minimum absolute atomic E-state index is 0.105. The number of hydrogen-bond acceptors (Lipinski definition) is 5. The second-order valence-corrected chi connectivity index (χ2v) is 3.90. The number of anilines is 1. The molecule has 3 N–H and O–H groups in total. The van der Waals surface area contributed by atoms with Crippen molar-refractivity contribution in [3.63, 3.8) is 0 Å². The first-order chi connectivity index (χ1) is 6.76. The Morgan fingerprint density at radius 3 is 3.00 bits per heavy atom. The van der Waals surface area contributed by atoms with E-state index in [1.54, 1.807) is 0 Å². The smallest absolute Gasteiger partial charge is 0.227 e. The van der Waals surface area contributed by atoms with E-state index in [-0.39, 0.29) is 5.91 Å². The van der Waals surface area contributed by atoms with Crippen LogP contribution in [0.1, 0.15) is 24.8 Å². The Morgan fingerprint density at radius 2 is 2.36 bits per heavy atom. The molecule has 0 fully saturated rings. The van der Waals surface area contributed by atoms with Crippen LogP contribution in [-0.4, -0.2) is 22.6 Å². The summed E-state index contributed by atoms with van der Waals surface area (Å²) in [6.07, 6.45) is 2.26. The molecule has 1 aromatic rings. The number of nitrogens with two attached hydrogens (primary N) is 1. The molecule has 0 aliphatic carbocycles. The van der Waals surface area contributed by atoms with E-state index in [2.05, 4.69) is 22.4 Å². The number of hydrogen-bond donors (Lipinski definition) is 2. The Hall–Kier alpha value is -1.01. The molecule has 6 heteroatoms. The van der Waals surface area contributed by atoms with Crippen LogP contribution in [-0.2, 0) is 11.2 Å². The summed E-state index contributed by atoms with van der Waals surface area (Å²) in [6, 6.07) is 0. The predicted molar refractivity (Wildman–Crippen MR) is 56.2 cm³/mol. The zero-order chi connectivity index (χ0) is 10.4. The van der Waals surface area contributed by atoms with Crippen LogP contribution in [0.2, 0.25) is 0 Å². The molecule has 1 aromatic heterocycles. The molecular weight excluding hydrogens is 200 g/mol. The Labute approximate surface area is 86.7 Å². The third-order valence-corrected chi connectivity index (χ3v) is 2.45. The SMILES string of the molecule is CCCc1nnc(NC(=O)CCN)s1. The first-order valence-electron chi connectivity index (χ1n) is 4.58. The molecule has 5 nitrogen and oxygen atoms in total. The summed E-state index contributed by atoms with van der Waals surface area (Å²) in [5.41, 5.74) is 5.24. The fraction of sp³-hybridized carbons (Fsp3) is 0.625. The highest BCUT2D eigenvalue weighted by molar-refractivity contribution is 7.15. The molecule has 0 spiro atoms. The molecule has 1 heterocycles. The molecule has 78 valence electrons. The lowest BCUT2D eigenvalue weighted by molar-refractivity contribution is -0.116. The van der Waals surface area contributed by atoms with Crippen molar-refractivity contribution in [1.82, 2.24) is 10.2 Å². The number of nitrogens with one attached hydrogen (secondary N) is 1. The molecule has 0 saturated heterocycles. The van der Waals surface area contributed by atoms with Gasteiger partial charge in [0.2, 0.25) is 11.0 Å². The van der Waals surface area contributed by atoms with Crippen LogP contribution in [0.4, 0.5) is 5.13 Å². The van der Waals surface area contributed by atoms with Crippen LogP contribution in [0, 0.1) is 0 Å². The summed E-state index contributed by atoms with van der Waals surface area (Å²) in [5, 5.41) is 12.0. The Balaban J connectivity index is 2.46. The van der Waals surface area contributed by atoms with Gasteiger partial charge >= 0.3 is 0 Å². The molecular formula is C8H14N4OS. The average Bonchev–Trinajstić information content (AvgIpc) is 2.53. The van der Waals surface area contributed by atoms with Crippen LogP contribution in [0.15, 0.2) is 0 Å². The van der Waals surface area contributed by atoms with Gasteiger partial charge in [0, 0.05) is 19.4 Å². The Bertz CT molecular complexity index is 299. The van der Waals surface area contributed by atoms with Gasteiger partial charge < -0.3 is 11.1 Å². The fourth-order valence-electron chi connectivity index (χ4n) is 0.932. The van der Waals surface area contributed by atoms with Gasteiger partial charge in [0.1, 0.15) is 5.01 Å². The van der Waals surface area contributed by atoms with E-state index >= 15 is 0 Å². The van der Waals surface area contributed by atoms with Gasteiger partial charge in [-0.05, 0) is 6.42 Å². The van der Waals surface area contributed by atoms with Crippen molar-refractivity contribution < 1.29 is 4.79 Å². The van der Waals surface area contributed by atoms with E-state index < -0.39 is 0 Å². The van der Waals surface area contributed by atoms with Gasteiger partial charge in [-0.25, -0.2) is 0 Å². The molecule has 1 amide bonds. The number of rotatable bonds is 5. The maximum absolute atomic E-state index is 11.1. The van der Waals surface area contributed by atoms with E-state index in [0.29, 0.717) is 18.1 Å². The van der Waals surface area contributed by atoms with Crippen molar-refractivity contribution in [3.8, 4) is 0 Å². The maximum atomic E-state index is 11.1. The second kappa shape index (κ2) is 5.66. The van der Waals surface area contributed by atoms with Crippen LogP contribution < -0.4 is 11.1 Å². The van der Waals surface area contributed by atoms with Crippen LogP contribution >= 0.6 is 11.3 Å². The molecule has 0 aromatic carbocycles. The standard InChI is InChI=1S/C8H14N4OS/c1-2-3-7-11-12-8(14-7)10-6(13)4-5-9/h2-5,9H2,1H3,(H,10,12,13). The summed E-state index contributed by atoms with van der Waals surface area (Å²) in [4.78, 5) is 11.1. The molecule has 0 radical (unpaired) electrons. The van der Waals surface area contributed by atoms with Gasteiger partial charge in [-0.15, -0.1) is 10.2 Å². The molecule has 0 unspecified atom stereocenters. The highest BCUT2D eigenvalue weighted by Crippen LogP contribution is 2.16. The van der Waals surface area contributed by atoms with Gasteiger partial charge in [-0.2, -0.15) is 0 Å². The van der Waals surface area contributed by atoms with Crippen LogP contribution in [0.25, 0.3) is 0 Å². The van der Waals surface area contributed by atoms with Gasteiger partial charge in [-0.1, -0.05) is 18.3 Å². The molecule has 0 saturated carbocycles. The van der Waals surface area contributed by atoms with E-state index in [0.717, 1.165) is 17.8 Å². The zero-order valence-electron chi connectivity index (χ0n) is 8.12. The van der Waals surface area contributed by atoms with Gasteiger partial charge in [0.15, 0.2) is 0 Å². The van der Waals surface area contributed by atoms with Crippen molar-refractivity contribution in [2.45, 2.75) is 26.2 Å². The van der Waals surface area contributed by atoms with E-state index in [1.165, 1.54) is 11.3 Å². The van der Waals surface area contributed by atoms with Crippen LogP contribution in [0.3, 0.4) is 0 Å². The minimum Gasteiger partial charge on any atom is -0.330 e. The summed E-state index contributed by atoms with van der Waals surface area (Å²) in [6.45, 7) is 2.43. The first-order valence-corrected chi connectivity index (χ1v) is 5.40. The average molecular weight is 214 g/mol. The first kappa shape index (κ1) is 11.1. The third kappa shape index (κ3) is 3.39. The molecule has 14 heavy (non-hydrogen) atoms. The lowest BCUT2D eigenvalue weighted by Crippen LogP contribution is -2.15. The minimum atomic E-state index is -0.105. The molecule has 0 bridgehead atoms. The van der Waals surface area contributed by atoms with E-state index in [1.807, 2.05) is 0 Å². The number of amides is 1. The largest absolute Gasteiger partial charge is 0.330 e.